The van der Waals surface area contributed by atoms with Crippen LogP contribution < -0.4 is 4.72 Å². The highest BCUT2D eigenvalue weighted by Gasteiger charge is 2.29. The van der Waals surface area contributed by atoms with Gasteiger partial charge < -0.3 is 0 Å². The van der Waals surface area contributed by atoms with E-state index in [0.717, 1.165) is 0 Å². The molecule has 0 heterocycles. The second-order valence-electron chi connectivity index (χ2n) is 3.15. The molecule has 0 unspecified atom stereocenters. The summed E-state index contributed by atoms with van der Waals surface area (Å²) in [6.07, 6.45) is -5.82. The van der Waals surface area contributed by atoms with Crippen LogP contribution in [0.1, 0.15) is 6.42 Å². The van der Waals surface area contributed by atoms with Gasteiger partial charge >= 0.3 is 6.18 Å². The van der Waals surface area contributed by atoms with Gasteiger partial charge in [0.15, 0.2) is 0 Å². The maximum atomic E-state index is 11.8. The van der Waals surface area contributed by atoms with Crippen LogP contribution in [0.15, 0.2) is 30.3 Å². The van der Waals surface area contributed by atoms with E-state index in [2.05, 4.69) is 4.72 Å². The van der Waals surface area contributed by atoms with Crippen molar-refractivity contribution in [1.82, 2.24) is 0 Å². The average molecular weight is 253 g/mol. The lowest BCUT2D eigenvalue weighted by atomic mass is 10.3. The summed E-state index contributed by atoms with van der Waals surface area (Å²) >= 11 is 0. The molecule has 16 heavy (non-hydrogen) atoms. The molecule has 0 aliphatic carbocycles. The highest BCUT2D eigenvalue weighted by atomic mass is 32.2. The van der Waals surface area contributed by atoms with Crippen LogP contribution in [0.5, 0.6) is 0 Å². The van der Waals surface area contributed by atoms with Gasteiger partial charge in [-0.25, -0.2) is 8.42 Å². The third-order valence-electron chi connectivity index (χ3n) is 1.70. The quantitative estimate of drug-likeness (QED) is 0.895. The average Bonchev–Trinajstić information content (AvgIpc) is 2.15. The number of halogens is 3. The maximum Gasteiger partial charge on any atom is 0.390 e. The Bertz CT molecular complexity index is 428. The highest BCUT2D eigenvalue weighted by molar-refractivity contribution is 7.92. The second kappa shape index (κ2) is 4.73. The number of sulfonamides is 1. The molecule has 0 fully saturated rings. The first kappa shape index (κ1) is 12.8. The summed E-state index contributed by atoms with van der Waals surface area (Å²) in [6.45, 7) is 0. The molecule has 0 saturated heterocycles. The summed E-state index contributed by atoms with van der Waals surface area (Å²) in [5, 5.41) is 0. The van der Waals surface area contributed by atoms with Gasteiger partial charge in [-0.05, 0) is 12.1 Å². The van der Waals surface area contributed by atoms with E-state index in [9.17, 15) is 21.6 Å². The largest absolute Gasteiger partial charge is 0.390 e. The Kier molecular flexibility index (Phi) is 3.79. The molecule has 0 bridgehead atoms. The molecule has 0 atom stereocenters. The molecule has 0 aliphatic rings. The van der Waals surface area contributed by atoms with Gasteiger partial charge in [-0.3, -0.25) is 4.72 Å². The predicted molar refractivity (Wildman–Crippen MR) is 54.5 cm³/mol. The van der Waals surface area contributed by atoms with Crippen molar-refractivity contribution in [3.05, 3.63) is 30.3 Å². The van der Waals surface area contributed by atoms with Crippen molar-refractivity contribution in [2.75, 3.05) is 10.5 Å². The third kappa shape index (κ3) is 5.01. The Labute approximate surface area is 91.3 Å². The predicted octanol–water partition coefficient (Wildman–Crippen LogP) is 2.38. The molecular weight excluding hydrogens is 243 g/mol. The summed E-state index contributed by atoms with van der Waals surface area (Å²) in [5.41, 5.74) is 0.254. The molecule has 0 spiro atoms. The van der Waals surface area contributed by atoms with E-state index >= 15 is 0 Å². The van der Waals surface area contributed by atoms with Gasteiger partial charge in [-0.15, -0.1) is 0 Å². The number of para-hydroxylation sites is 1. The lowest BCUT2D eigenvalue weighted by Crippen LogP contribution is -2.21. The van der Waals surface area contributed by atoms with Gasteiger partial charge in [0.2, 0.25) is 10.0 Å². The van der Waals surface area contributed by atoms with E-state index in [1.54, 1.807) is 18.2 Å². The molecule has 1 aromatic rings. The van der Waals surface area contributed by atoms with Crippen LogP contribution in [0, 0.1) is 0 Å². The minimum Gasteiger partial charge on any atom is -0.284 e. The molecule has 0 aromatic heterocycles. The van der Waals surface area contributed by atoms with Crippen molar-refractivity contribution in [2.45, 2.75) is 12.6 Å². The van der Waals surface area contributed by atoms with Crippen LogP contribution in [0.25, 0.3) is 0 Å². The maximum absolute atomic E-state index is 11.8. The van der Waals surface area contributed by atoms with Crippen LogP contribution in [0.2, 0.25) is 0 Å². The van der Waals surface area contributed by atoms with Crippen LogP contribution in [0.4, 0.5) is 18.9 Å². The molecule has 3 nitrogen and oxygen atoms in total. The molecule has 1 aromatic carbocycles. The normalized spacial score (nSPS) is 12.4. The molecule has 7 heteroatoms. The van der Waals surface area contributed by atoms with Crippen molar-refractivity contribution in [3.63, 3.8) is 0 Å². The number of nitrogens with one attached hydrogen (secondary N) is 1. The summed E-state index contributed by atoms with van der Waals surface area (Å²) in [5.74, 6) is -0.967. The number of hydrogen-bond acceptors (Lipinski definition) is 2. The lowest BCUT2D eigenvalue weighted by molar-refractivity contribution is -0.129. The number of alkyl halides is 3. The smallest absolute Gasteiger partial charge is 0.284 e. The van der Waals surface area contributed by atoms with Crippen molar-refractivity contribution in [3.8, 4) is 0 Å². The van der Waals surface area contributed by atoms with Crippen LogP contribution in [0.3, 0.4) is 0 Å². The fourth-order valence-corrected chi connectivity index (χ4v) is 2.08. The standard InChI is InChI=1S/C9H10F3NO2S/c10-9(11,12)6-7-16(14,15)13-8-4-2-1-3-5-8/h1-5,13H,6-7H2. The Morgan fingerprint density at radius 3 is 2.19 bits per heavy atom. The zero-order chi connectivity index (χ0) is 12.2. The zero-order valence-electron chi connectivity index (χ0n) is 8.16. The first-order valence-electron chi connectivity index (χ1n) is 4.41. The van der Waals surface area contributed by atoms with E-state index in [-0.39, 0.29) is 5.69 Å². The van der Waals surface area contributed by atoms with Gasteiger partial charge in [0.1, 0.15) is 0 Å². The molecule has 1 rings (SSSR count). The fourth-order valence-electron chi connectivity index (χ4n) is 0.987. The van der Waals surface area contributed by atoms with E-state index in [0.29, 0.717) is 0 Å². The van der Waals surface area contributed by atoms with Crippen molar-refractivity contribution in [2.24, 2.45) is 0 Å². The number of rotatable bonds is 4. The lowest BCUT2D eigenvalue weighted by Gasteiger charge is -2.09. The van der Waals surface area contributed by atoms with Crippen LogP contribution >= 0.6 is 0 Å². The van der Waals surface area contributed by atoms with Gasteiger partial charge in [0.25, 0.3) is 0 Å². The highest BCUT2D eigenvalue weighted by Crippen LogP contribution is 2.20. The number of benzene rings is 1. The zero-order valence-corrected chi connectivity index (χ0v) is 8.98. The topological polar surface area (TPSA) is 46.2 Å². The SMILES string of the molecule is O=S(=O)(CCC(F)(F)F)Nc1ccccc1. The Morgan fingerprint density at radius 1 is 1.12 bits per heavy atom. The molecule has 90 valence electrons. The van der Waals surface area contributed by atoms with Crippen LogP contribution in [-0.4, -0.2) is 20.3 Å². The van der Waals surface area contributed by atoms with Gasteiger partial charge in [0, 0.05) is 5.69 Å². The minimum absolute atomic E-state index is 0.254. The Morgan fingerprint density at radius 2 is 1.69 bits per heavy atom. The van der Waals surface area contributed by atoms with E-state index in [4.69, 9.17) is 0 Å². The van der Waals surface area contributed by atoms with Crippen molar-refractivity contribution in [1.29, 1.82) is 0 Å². The van der Waals surface area contributed by atoms with E-state index in [1.165, 1.54) is 12.1 Å². The Balaban J connectivity index is 2.60. The van der Waals surface area contributed by atoms with Crippen LogP contribution in [-0.2, 0) is 10.0 Å². The van der Waals surface area contributed by atoms with E-state index in [1.807, 2.05) is 0 Å². The van der Waals surface area contributed by atoms with Crippen molar-refractivity contribution >= 4 is 15.7 Å². The summed E-state index contributed by atoms with van der Waals surface area (Å²) in [4.78, 5) is 0. The van der Waals surface area contributed by atoms with Gasteiger partial charge in [0.05, 0.1) is 12.2 Å². The summed E-state index contributed by atoms with van der Waals surface area (Å²) < 4.78 is 60.0. The van der Waals surface area contributed by atoms with E-state index < -0.39 is 28.4 Å². The first-order chi connectivity index (χ1) is 7.29. The fraction of sp³-hybridized carbons (Fsp3) is 0.333. The number of anilines is 1. The molecule has 0 aliphatic heterocycles. The Hall–Kier alpha value is -1.24. The molecule has 1 N–H and O–H groups in total. The monoisotopic (exact) mass is 253 g/mol. The summed E-state index contributed by atoms with van der Waals surface area (Å²) in [6, 6.07) is 7.77. The molecule has 0 saturated carbocycles. The van der Waals surface area contributed by atoms with Gasteiger partial charge in [-0.1, -0.05) is 18.2 Å². The minimum atomic E-state index is -4.47. The number of hydrogen-bond donors (Lipinski definition) is 1. The van der Waals surface area contributed by atoms with Crippen molar-refractivity contribution < 1.29 is 21.6 Å². The third-order valence-corrected chi connectivity index (χ3v) is 2.99. The van der Waals surface area contributed by atoms with Gasteiger partial charge in [-0.2, -0.15) is 13.2 Å². The second-order valence-corrected chi connectivity index (χ2v) is 4.99. The molecular formula is C9H10F3NO2S. The molecule has 0 radical (unpaired) electrons. The summed E-state index contributed by atoms with van der Waals surface area (Å²) in [7, 11) is -3.94. The first-order valence-corrected chi connectivity index (χ1v) is 6.06. The molecule has 0 amide bonds.